The van der Waals surface area contributed by atoms with Crippen molar-refractivity contribution < 1.29 is 4.79 Å². The van der Waals surface area contributed by atoms with Gasteiger partial charge < -0.3 is 9.88 Å². The van der Waals surface area contributed by atoms with Crippen molar-refractivity contribution in [1.29, 1.82) is 0 Å². The van der Waals surface area contributed by atoms with Crippen molar-refractivity contribution in [3.8, 4) is 0 Å². The highest BCUT2D eigenvalue weighted by atomic mass is 16.1. The average molecular weight is 220 g/mol. The second kappa shape index (κ2) is 4.83. The second-order valence-electron chi connectivity index (χ2n) is 4.76. The molecule has 88 valence electrons. The van der Waals surface area contributed by atoms with E-state index in [1.807, 2.05) is 18.3 Å². The van der Waals surface area contributed by atoms with E-state index in [0.717, 1.165) is 25.1 Å². The lowest BCUT2D eigenvalue weighted by atomic mass is 9.99. The molecule has 1 atom stereocenters. The van der Waals surface area contributed by atoms with Gasteiger partial charge in [-0.05, 0) is 45.4 Å². The fourth-order valence-corrected chi connectivity index (χ4v) is 2.31. The van der Waals surface area contributed by atoms with Gasteiger partial charge in [-0.25, -0.2) is 0 Å². The normalized spacial score (nSPS) is 21.3. The molecular weight excluding hydrogens is 200 g/mol. The quantitative estimate of drug-likeness (QED) is 0.794. The number of piperidine rings is 1. The summed E-state index contributed by atoms with van der Waals surface area (Å²) < 4.78 is 2.05. The lowest BCUT2D eigenvalue weighted by Gasteiger charge is -2.23. The summed E-state index contributed by atoms with van der Waals surface area (Å²) in [4.78, 5) is 12.3. The van der Waals surface area contributed by atoms with Crippen LogP contribution in [0.5, 0.6) is 0 Å². The molecule has 3 nitrogen and oxygen atoms in total. The Labute approximate surface area is 96.8 Å². The SMILES string of the molecule is CC(C)n1cccc1C(=O)C1CCCCN1. The van der Waals surface area contributed by atoms with Crippen LogP contribution < -0.4 is 5.32 Å². The molecule has 1 aliphatic heterocycles. The number of ketones is 1. The van der Waals surface area contributed by atoms with Gasteiger partial charge in [-0.15, -0.1) is 0 Å². The maximum absolute atomic E-state index is 12.3. The summed E-state index contributed by atoms with van der Waals surface area (Å²) in [7, 11) is 0. The van der Waals surface area contributed by atoms with Crippen LogP contribution in [-0.2, 0) is 0 Å². The number of hydrogen-bond acceptors (Lipinski definition) is 2. The van der Waals surface area contributed by atoms with Crippen LogP contribution in [0.4, 0.5) is 0 Å². The Morgan fingerprint density at radius 2 is 2.31 bits per heavy atom. The maximum atomic E-state index is 12.3. The van der Waals surface area contributed by atoms with Crippen molar-refractivity contribution in [2.24, 2.45) is 0 Å². The zero-order chi connectivity index (χ0) is 11.5. The molecule has 1 fully saturated rings. The van der Waals surface area contributed by atoms with E-state index in [1.165, 1.54) is 6.42 Å². The first-order chi connectivity index (χ1) is 7.70. The van der Waals surface area contributed by atoms with Gasteiger partial charge in [0, 0.05) is 12.2 Å². The number of nitrogens with one attached hydrogen (secondary N) is 1. The van der Waals surface area contributed by atoms with Crippen LogP contribution in [0.15, 0.2) is 18.3 Å². The molecule has 2 rings (SSSR count). The monoisotopic (exact) mass is 220 g/mol. The van der Waals surface area contributed by atoms with E-state index in [9.17, 15) is 4.79 Å². The molecule has 0 aliphatic carbocycles. The zero-order valence-electron chi connectivity index (χ0n) is 10.1. The Hall–Kier alpha value is -1.09. The minimum absolute atomic E-state index is 0.0288. The van der Waals surface area contributed by atoms with E-state index in [1.54, 1.807) is 0 Å². The molecule has 0 saturated carbocycles. The zero-order valence-corrected chi connectivity index (χ0v) is 10.1. The first-order valence-electron chi connectivity index (χ1n) is 6.14. The fourth-order valence-electron chi connectivity index (χ4n) is 2.31. The van der Waals surface area contributed by atoms with Crippen molar-refractivity contribution in [3.63, 3.8) is 0 Å². The molecule has 0 amide bonds. The van der Waals surface area contributed by atoms with E-state index in [2.05, 4.69) is 23.7 Å². The molecule has 16 heavy (non-hydrogen) atoms. The van der Waals surface area contributed by atoms with Gasteiger partial charge in [0.15, 0.2) is 5.78 Å². The average Bonchev–Trinajstić information content (AvgIpc) is 2.78. The van der Waals surface area contributed by atoms with Crippen molar-refractivity contribution in [2.45, 2.75) is 45.2 Å². The van der Waals surface area contributed by atoms with Gasteiger partial charge in [0.05, 0.1) is 11.7 Å². The lowest BCUT2D eigenvalue weighted by molar-refractivity contribution is 0.0916. The van der Waals surface area contributed by atoms with Gasteiger partial charge >= 0.3 is 0 Å². The molecule has 1 saturated heterocycles. The van der Waals surface area contributed by atoms with Gasteiger partial charge in [0.25, 0.3) is 0 Å². The van der Waals surface area contributed by atoms with E-state index in [4.69, 9.17) is 0 Å². The minimum atomic E-state index is 0.0288. The Kier molecular flexibility index (Phi) is 3.44. The second-order valence-corrected chi connectivity index (χ2v) is 4.76. The number of carbonyl (C=O) groups is 1. The minimum Gasteiger partial charge on any atom is -0.343 e. The van der Waals surface area contributed by atoms with E-state index < -0.39 is 0 Å². The molecule has 1 unspecified atom stereocenters. The third-order valence-corrected chi connectivity index (χ3v) is 3.21. The highest BCUT2D eigenvalue weighted by molar-refractivity contribution is 5.99. The van der Waals surface area contributed by atoms with Crippen LogP contribution in [0.1, 0.15) is 49.6 Å². The number of nitrogens with zero attached hydrogens (tertiary/aromatic N) is 1. The number of carbonyl (C=O) groups excluding carboxylic acids is 1. The molecule has 2 heterocycles. The van der Waals surface area contributed by atoms with Crippen LogP contribution >= 0.6 is 0 Å². The molecule has 0 radical (unpaired) electrons. The Balaban J connectivity index is 2.16. The number of rotatable bonds is 3. The Morgan fingerprint density at radius 1 is 1.50 bits per heavy atom. The third kappa shape index (κ3) is 2.19. The molecule has 1 aromatic rings. The van der Waals surface area contributed by atoms with Gasteiger partial charge in [0.2, 0.25) is 0 Å². The highest BCUT2D eigenvalue weighted by Gasteiger charge is 2.24. The predicted molar refractivity (Wildman–Crippen MR) is 64.8 cm³/mol. The van der Waals surface area contributed by atoms with Gasteiger partial charge in [0.1, 0.15) is 0 Å². The number of aromatic nitrogens is 1. The fraction of sp³-hybridized carbons (Fsp3) is 0.615. The summed E-state index contributed by atoms with van der Waals surface area (Å²) in [5.41, 5.74) is 0.842. The van der Waals surface area contributed by atoms with Crippen LogP contribution in [0.25, 0.3) is 0 Å². The van der Waals surface area contributed by atoms with Crippen molar-refractivity contribution in [3.05, 3.63) is 24.0 Å². The summed E-state index contributed by atoms with van der Waals surface area (Å²) in [6.07, 6.45) is 5.31. The van der Waals surface area contributed by atoms with Gasteiger partial charge in [-0.1, -0.05) is 6.42 Å². The largest absolute Gasteiger partial charge is 0.343 e. The highest BCUT2D eigenvalue weighted by Crippen LogP contribution is 2.16. The van der Waals surface area contributed by atoms with Crippen LogP contribution in [0, 0.1) is 0 Å². The number of Topliss-reactive ketones (excluding diaryl/α,β-unsaturated/α-hetero) is 1. The molecule has 0 aromatic carbocycles. The molecule has 1 aromatic heterocycles. The predicted octanol–water partition coefficient (Wildman–Crippen LogP) is 2.39. The van der Waals surface area contributed by atoms with E-state index in [-0.39, 0.29) is 11.8 Å². The summed E-state index contributed by atoms with van der Waals surface area (Å²) in [5, 5.41) is 3.31. The Morgan fingerprint density at radius 3 is 2.94 bits per heavy atom. The van der Waals surface area contributed by atoms with Crippen molar-refractivity contribution >= 4 is 5.78 Å². The molecule has 0 bridgehead atoms. The Bertz CT molecular complexity index is 362. The molecule has 1 aliphatic rings. The summed E-state index contributed by atoms with van der Waals surface area (Å²) in [6.45, 7) is 5.18. The molecule has 1 N–H and O–H groups in total. The molecular formula is C13H20N2O. The summed E-state index contributed by atoms with van der Waals surface area (Å²) in [5.74, 6) is 0.249. The van der Waals surface area contributed by atoms with E-state index in [0.29, 0.717) is 6.04 Å². The first-order valence-corrected chi connectivity index (χ1v) is 6.14. The standard InChI is InChI=1S/C13H20N2O/c1-10(2)15-9-5-7-12(15)13(16)11-6-3-4-8-14-11/h5,7,9-11,14H,3-4,6,8H2,1-2H3. The summed E-state index contributed by atoms with van der Waals surface area (Å²) in [6, 6.07) is 4.26. The molecule has 0 spiro atoms. The lowest BCUT2D eigenvalue weighted by Crippen LogP contribution is -2.41. The van der Waals surface area contributed by atoms with Crippen LogP contribution in [0.2, 0.25) is 0 Å². The molecule has 3 heteroatoms. The van der Waals surface area contributed by atoms with Crippen molar-refractivity contribution in [1.82, 2.24) is 9.88 Å². The first kappa shape index (κ1) is 11.4. The van der Waals surface area contributed by atoms with E-state index >= 15 is 0 Å². The van der Waals surface area contributed by atoms with Gasteiger partial charge in [-0.2, -0.15) is 0 Å². The summed E-state index contributed by atoms with van der Waals surface area (Å²) >= 11 is 0. The van der Waals surface area contributed by atoms with Gasteiger partial charge in [-0.3, -0.25) is 4.79 Å². The topological polar surface area (TPSA) is 34.0 Å². The maximum Gasteiger partial charge on any atom is 0.196 e. The third-order valence-electron chi connectivity index (χ3n) is 3.21. The van der Waals surface area contributed by atoms with Crippen LogP contribution in [-0.4, -0.2) is 22.9 Å². The van der Waals surface area contributed by atoms with Crippen LogP contribution in [0.3, 0.4) is 0 Å². The number of hydrogen-bond donors (Lipinski definition) is 1. The van der Waals surface area contributed by atoms with Crippen molar-refractivity contribution in [2.75, 3.05) is 6.54 Å². The smallest absolute Gasteiger partial charge is 0.196 e.